The maximum atomic E-state index is 5.69. The number of hydrogen-bond acceptors (Lipinski definition) is 5. The predicted molar refractivity (Wildman–Crippen MR) is 125 cm³/mol. The summed E-state index contributed by atoms with van der Waals surface area (Å²) in [4.78, 5) is 11.3. The Labute approximate surface area is 181 Å². The Kier molecular flexibility index (Phi) is 6.19. The van der Waals surface area contributed by atoms with Crippen LogP contribution < -0.4 is 10.1 Å². The fraction of sp³-hybridized carbons (Fsp3) is 0.200. The fourth-order valence-electron chi connectivity index (χ4n) is 3.16. The van der Waals surface area contributed by atoms with Crippen molar-refractivity contribution in [1.82, 2.24) is 9.97 Å². The number of anilines is 2. The Morgan fingerprint density at radius 3 is 2.57 bits per heavy atom. The van der Waals surface area contributed by atoms with Crippen LogP contribution in [0, 0.1) is 13.8 Å². The van der Waals surface area contributed by atoms with Gasteiger partial charge in [0, 0.05) is 27.1 Å². The Bertz CT molecular complexity index is 1160. The van der Waals surface area contributed by atoms with Crippen molar-refractivity contribution in [3.63, 3.8) is 0 Å². The third-order valence-electron chi connectivity index (χ3n) is 4.67. The molecule has 4 rings (SSSR count). The molecule has 30 heavy (non-hydrogen) atoms. The van der Waals surface area contributed by atoms with Crippen molar-refractivity contribution >= 4 is 34.2 Å². The summed E-state index contributed by atoms with van der Waals surface area (Å²) in [5.74, 6) is 0.912. The summed E-state index contributed by atoms with van der Waals surface area (Å²) in [5, 5.41) is 4.62. The first-order valence-corrected chi connectivity index (χ1v) is 10.9. The predicted octanol–water partition coefficient (Wildman–Crippen LogP) is 6.93. The number of aryl methyl sites for hydroxylation is 2. The van der Waals surface area contributed by atoms with Crippen molar-refractivity contribution in [2.45, 2.75) is 37.0 Å². The molecule has 0 amide bonds. The van der Waals surface area contributed by atoms with E-state index in [2.05, 4.69) is 65.5 Å². The quantitative estimate of drug-likeness (QED) is 0.354. The lowest BCUT2D eigenvalue weighted by molar-refractivity contribution is 0.317. The highest BCUT2D eigenvalue weighted by atomic mass is 32.2. The molecule has 0 bridgehead atoms. The summed E-state index contributed by atoms with van der Waals surface area (Å²) in [6.07, 6.45) is 2.81. The lowest BCUT2D eigenvalue weighted by Gasteiger charge is -2.14. The monoisotopic (exact) mass is 415 g/mol. The smallest absolute Gasteiger partial charge is 0.161 e. The molecule has 0 spiro atoms. The van der Waals surface area contributed by atoms with Crippen LogP contribution in [0.2, 0.25) is 0 Å². The van der Waals surface area contributed by atoms with Gasteiger partial charge in [-0.25, -0.2) is 9.97 Å². The van der Waals surface area contributed by atoms with Crippen LogP contribution in [0.4, 0.5) is 11.4 Å². The van der Waals surface area contributed by atoms with Crippen LogP contribution in [-0.2, 0) is 0 Å². The minimum absolute atomic E-state index is 0.743. The molecule has 0 fully saturated rings. The van der Waals surface area contributed by atoms with Gasteiger partial charge in [-0.05, 0) is 80.4 Å². The van der Waals surface area contributed by atoms with Gasteiger partial charge in [-0.15, -0.1) is 0 Å². The number of aromatic nitrogens is 2. The molecule has 0 aliphatic rings. The molecule has 0 aliphatic carbocycles. The lowest BCUT2D eigenvalue weighted by atomic mass is 10.2. The van der Waals surface area contributed by atoms with Gasteiger partial charge in [-0.1, -0.05) is 24.8 Å². The van der Waals surface area contributed by atoms with E-state index in [9.17, 15) is 0 Å². The molecule has 0 unspecified atom stereocenters. The van der Waals surface area contributed by atoms with Crippen LogP contribution in [0.5, 0.6) is 5.75 Å². The Hall–Kier alpha value is -3.05. The highest BCUT2D eigenvalue weighted by Crippen LogP contribution is 2.37. The molecule has 4 nitrogen and oxygen atoms in total. The lowest BCUT2D eigenvalue weighted by Crippen LogP contribution is -1.97. The average molecular weight is 416 g/mol. The van der Waals surface area contributed by atoms with Crippen LogP contribution in [0.1, 0.15) is 24.6 Å². The van der Waals surface area contributed by atoms with Crippen LogP contribution in [-0.4, -0.2) is 16.6 Å². The van der Waals surface area contributed by atoms with E-state index >= 15 is 0 Å². The van der Waals surface area contributed by atoms with Gasteiger partial charge in [0.05, 0.1) is 18.0 Å². The number of benzene rings is 2. The van der Waals surface area contributed by atoms with Gasteiger partial charge >= 0.3 is 0 Å². The molecule has 0 saturated carbocycles. The maximum Gasteiger partial charge on any atom is 0.161 e. The summed E-state index contributed by atoms with van der Waals surface area (Å²) in [5.41, 5.74) is 5.00. The largest absolute Gasteiger partial charge is 0.494 e. The zero-order valence-electron chi connectivity index (χ0n) is 17.5. The van der Waals surface area contributed by atoms with Gasteiger partial charge in [0.2, 0.25) is 0 Å². The highest BCUT2D eigenvalue weighted by Gasteiger charge is 2.09. The molecule has 2 aromatic carbocycles. The maximum absolute atomic E-state index is 5.69. The Morgan fingerprint density at radius 1 is 0.933 bits per heavy atom. The van der Waals surface area contributed by atoms with Crippen LogP contribution in [0.3, 0.4) is 0 Å². The average Bonchev–Trinajstić information content (AvgIpc) is 2.75. The van der Waals surface area contributed by atoms with Crippen molar-refractivity contribution in [3.8, 4) is 5.75 Å². The second kappa shape index (κ2) is 9.18. The number of hydrogen-bond donors (Lipinski definition) is 1. The van der Waals surface area contributed by atoms with E-state index < -0.39 is 0 Å². The van der Waals surface area contributed by atoms with Gasteiger partial charge in [0.25, 0.3) is 0 Å². The number of rotatable bonds is 7. The fourth-order valence-corrected chi connectivity index (χ4v) is 4.04. The van der Waals surface area contributed by atoms with Crippen LogP contribution in [0.15, 0.2) is 76.7 Å². The Balaban J connectivity index is 1.61. The first kappa shape index (κ1) is 20.2. The molecule has 0 aliphatic heterocycles. The van der Waals surface area contributed by atoms with Crippen LogP contribution in [0.25, 0.3) is 11.0 Å². The van der Waals surface area contributed by atoms with Crippen molar-refractivity contribution < 1.29 is 4.74 Å². The first-order valence-electron chi connectivity index (χ1n) is 10.1. The van der Waals surface area contributed by atoms with E-state index in [-0.39, 0.29) is 0 Å². The van der Waals surface area contributed by atoms with E-state index in [4.69, 9.17) is 4.74 Å². The topological polar surface area (TPSA) is 47.0 Å². The third kappa shape index (κ3) is 4.74. The van der Waals surface area contributed by atoms with Crippen molar-refractivity contribution in [2.75, 3.05) is 11.9 Å². The van der Waals surface area contributed by atoms with Crippen molar-refractivity contribution in [2.24, 2.45) is 0 Å². The molecule has 0 saturated heterocycles. The van der Waals surface area contributed by atoms with E-state index in [1.54, 1.807) is 18.0 Å². The van der Waals surface area contributed by atoms with Gasteiger partial charge in [0.15, 0.2) is 5.65 Å². The summed E-state index contributed by atoms with van der Waals surface area (Å²) < 4.78 is 5.69. The molecule has 1 N–H and O–H groups in total. The standard InChI is InChI=1S/C25H25N3OS/c1-4-15-29-19-7-9-20(10-8-19)30-24-12-5-17(2)16-23(24)28-22-13-14-26-25-21(22)11-6-18(3)27-25/h5-14,16H,4,15H2,1-3H3,(H,26,27,28). The van der Waals surface area contributed by atoms with E-state index in [1.807, 2.05) is 31.2 Å². The third-order valence-corrected chi connectivity index (χ3v) is 5.76. The van der Waals surface area contributed by atoms with E-state index in [0.29, 0.717) is 0 Å². The summed E-state index contributed by atoms with van der Waals surface area (Å²) in [6.45, 7) is 6.94. The molecule has 2 heterocycles. The molecule has 5 heteroatoms. The minimum Gasteiger partial charge on any atom is -0.494 e. The Morgan fingerprint density at radius 2 is 1.77 bits per heavy atom. The second-order valence-electron chi connectivity index (χ2n) is 7.23. The molecule has 2 aromatic heterocycles. The zero-order valence-corrected chi connectivity index (χ0v) is 18.3. The van der Waals surface area contributed by atoms with Gasteiger partial charge in [-0.2, -0.15) is 0 Å². The minimum atomic E-state index is 0.743. The van der Waals surface area contributed by atoms with Gasteiger partial charge < -0.3 is 10.1 Å². The second-order valence-corrected chi connectivity index (χ2v) is 8.34. The van der Waals surface area contributed by atoms with Crippen molar-refractivity contribution in [1.29, 1.82) is 0 Å². The van der Waals surface area contributed by atoms with Crippen molar-refractivity contribution in [3.05, 3.63) is 78.1 Å². The molecule has 4 aromatic rings. The molecular formula is C25H25N3OS. The number of nitrogens with zero attached hydrogens (tertiary/aromatic N) is 2. The number of pyridine rings is 2. The van der Waals surface area contributed by atoms with Gasteiger partial charge in [0.1, 0.15) is 5.75 Å². The normalized spacial score (nSPS) is 10.9. The summed E-state index contributed by atoms with van der Waals surface area (Å²) in [6, 6.07) is 20.8. The first-order chi connectivity index (χ1) is 14.6. The number of ether oxygens (including phenoxy) is 1. The molecular weight excluding hydrogens is 390 g/mol. The van der Waals surface area contributed by atoms with E-state index in [1.165, 1.54) is 10.5 Å². The van der Waals surface area contributed by atoms with E-state index in [0.717, 1.165) is 51.8 Å². The molecule has 0 radical (unpaired) electrons. The number of fused-ring (bicyclic) bond motifs is 1. The summed E-state index contributed by atoms with van der Waals surface area (Å²) in [7, 11) is 0. The highest BCUT2D eigenvalue weighted by molar-refractivity contribution is 7.99. The SMILES string of the molecule is CCCOc1ccc(Sc2ccc(C)cc2Nc2ccnc3nc(C)ccc23)cc1. The summed E-state index contributed by atoms with van der Waals surface area (Å²) >= 11 is 1.73. The van der Waals surface area contributed by atoms with Crippen LogP contribution >= 0.6 is 11.8 Å². The zero-order chi connectivity index (χ0) is 20.9. The number of nitrogens with one attached hydrogen (secondary N) is 1. The molecule has 152 valence electrons. The molecule has 0 atom stereocenters. The van der Waals surface area contributed by atoms with Gasteiger partial charge in [-0.3, -0.25) is 0 Å².